The smallest absolute Gasteiger partial charge is 0.232 e. The van der Waals surface area contributed by atoms with Crippen LogP contribution in [0.4, 0.5) is 0 Å². The Morgan fingerprint density at radius 1 is 1.47 bits per heavy atom. The van der Waals surface area contributed by atoms with Gasteiger partial charge in [-0.25, -0.2) is 0 Å². The van der Waals surface area contributed by atoms with Crippen LogP contribution in [0.2, 0.25) is 0 Å². The van der Waals surface area contributed by atoms with Crippen molar-refractivity contribution in [3.05, 3.63) is 0 Å². The monoisotopic (exact) mass is 227 g/mol. The first-order valence-electron chi connectivity index (χ1n) is 6.02. The van der Waals surface area contributed by atoms with Crippen LogP contribution in [0.25, 0.3) is 0 Å². The second kappa shape index (κ2) is 4.77. The van der Waals surface area contributed by atoms with E-state index in [-0.39, 0.29) is 0 Å². The molecule has 1 saturated heterocycles. The molecule has 15 heavy (non-hydrogen) atoms. The highest BCUT2D eigenvalue weighted by Gasteiger charge is 2.33. The molecule has 2 aliphatic rings. The molecule has 0 N–H and O–H groups in total. The Morgan fingerprint density at radius 3 is 2.80 bits per heavy atom. The molecular formula is C12H21NOS. The number of carbonyl (C=O) groups excluding carboxylic acids is 1. The van der Waals surface area contributed by atoms with Gasteiger partial charge in [0, 0.05) is 18.8 Å². The third kappa shape index (κ3) is 2.68. The topological polar surface area (TPSA) is 20.3 Å². The van der Waals surface area contributed by atoms with Gasteiger partial charge in [0.05, 0.1) is 5.75 Å². The van der Waals surface area contributed by atoms with E-state index in [0.29, 0.717) is 11.7 Å². The second-order valence-electron chi connectivity index (χ2n) is 5.23. The first kappa shape index (κ1) is 11.3. The molecule has 0 atom stereocenters. The summed E-state index contributed by atoms with van der Waals surface area (Å²) in [5, 5.41) is 0. The summed E-state index contributed by atoms with van der Waals surface area (Å²) >= 11 is 1.77. The molecule has 0 bridgehead atoms. The van der Waals surface area contributed by atoms with Crippen LogP contribution < -0.4 is 0 Å². The Labute approximate surface area is 96.8 Å². The van der Waals surface area contributed by atoms with Gasteiger partial charge in [0.2, 0.25) is 5.91 Å². The average molecular weight is 227 g/mol. The van der Waals surface area contributed by atoms with Gasteiger partial charge in [-0.2, -0.15) is 11.8 Å². The Kier molecular flexibility index (Phi) is 3.60. The number of carbonyl (C=O) groups is 1. The lowest BCUT2D eigenvalue weighted by Crippen LogP contribution is -2.44. The minimum atomic E-state index is 0.360. The molecule has 1 amide bonds. The summed E-state index contributed by atoms with van der Waals surface area (Å²) in [6, 6.07) is 0. The number of hydrogen-bond acceptors (Lipinski definition) is 2. The number of nitrogens with zero attached hydrogens (tertiary/aromatic N) is 1. The molecule has 86 valence electrons. The van der Waals surface area contributed by atoms with Crippen molar-refractivity contribution < 1.29 is 4.79 Å². The van der Waals surface area contributed by atoms with E-state index in [2.05, 4.69) is 18.7 Å². The second-order valence-corrected chi connectivity index (χ2v) is 6.34. The number of rotatable bonds is 3. The minimum absolute atomic E-state index is 0.360. The van der Waals surface area contributed by atoms with Crippen LogP contribution in [0, 0.1) is 17.8 Å². The van der Waals surface area contributed by atoms with Crippen molar-refractivity contribution in [2.24, 2.45) is 17.8 Å². The molecular weight excluding hydrogens is 206 g/mol. The molecule has 3 heteroatoms. The molecule has 2 rings (SSSR count). The van der Waals surface area contributed by atoms with Crippen LogP contribution in [0.1, 0.15) is 26.7 Å². The molecule has 2 nitrogen and oxygen atoms in total. The summed E-state index contributed by atoms with van der Waals surface area (Å²) < 4.78 is 0. The molecule has 1 aliphatic heterocycles. The Bertz CT molecular complexity index is 236. The molecule has 0 spiro atoms. The van der Waals surface area contributed by atoms with Gasteiger partial charge in [-0.1, -0.05) is 13.8 Å². The third-order valence-electron chi connectivity index (χ3n) is 3.78. The van der Waals surface area contributed by atoms with Crippen molar-refractivity contribution in [1.82, 2.24) is 4.90 Å². The van der Waals surface area contributed by atoms with Gasteiger partial charge >= 0.3 is 0 Å². The lowest BCUT2D eigenvalue weighted by molar-refractivity contribution is -0.129. The minimum Gasteiger partial charge on any atom is -0.341 e. The van der Waals surface area contributed by atoms with E-state index >= 15 is 0 Å². The molecule has 0 aromatic carbocycles. The normalized spacial score (nSPS) is 31.9. The summed E-state index contributed by atoms with van der Waals surface area (Å²) in [4.78, 5) is 13.7. The van der Waals surface area contributed by atoms with Crippen LogP contribution >= 0.6 is 11.8 Å². The van der Waals surface area contributed by atoms with E-state index in [1.54, 1.807) is 11.8 Å². The highest BCUT2D eigenvalue weighted by atomic mass is 32.2. The predicted octanol–water partition coefficient (Wildman–Crippen LogP) is 2.24. The van der Waals surface area contributed by atoms with Crippen molar-refractivity contribution in [2.45, 2.75) is 26.7 Å². The standard InChI is InChI=1S/C12H21NOS/c1-9(2)11-5-10(6-11)7-13-3-4-15-8-12(13)14/h9-11H,3-8H2,1-2H3/t10-,11+. The maximum absolute atomic E-state index is 11.6. The maximum atomic E-state index is 11.6. The number of thioether (sulfide) groups is 1. The van der Waals surface area contributed by atoms with E-state index < -0.39 is 0 Å². The van der Waals surface area contributed by atoms with Crippen LogP contribution in [0.15, 0.2) is 0 Å². The predicted molar refractivity (Wildman–Crippen MR) is 65.0 cm³/mol. The summed E-state index contributed by atoms with van der Waals surface area (Å²) in [5.74, 6) is 4.74. The van der Waals surface area contributed by atoms with Crippen LogP contribution in [0.3, 0.4) is 0 Å². The van der Waals surface area contributed by atoms with Crippen molar-refractivity contribution >= 4 is 17.7 Å². The van der Waals surface area contributed by atoms with Crippen molar-refractivity contribution in [3.8, 4) is 0 Å². The van der Waals surface area contributed by atoms with Gasteiger partial charge in [0.25, 0.3) is 0 Å². The number of hydrogen-bond donors (Lipinski definition) is 0. The largest absolute Gasteiger partial charge is 0.341 e. The third-order valence-corrected chi connectivity index (χ3v) is 4.70. The van der Waals surface area contributed by atoms with Crippen LogP contribution in [0.5, 0.6) is 0 Å². The molecule has 0 aromatic rings. The highest BCUT2D eigenvalue weighted by molar-refractivity contribution is 8.00. The van der Waals surface area contributed by atoms with E-state index in [0.717, 1.165) is 36.6 Å². The molecule has 1 saturated carbocycles. The van der Waals surface area contributed by atoms with E-state index in [1.165, 1.54) is 12.8 Å². The Morgan fingerprint density at radius 2 is 2.20 bits per heavy atom. The average Bonchev–Trinajstić information content (AvgIpc) is 2.12. The molecule has 1 heterocycles. The zero-order valence-electron chi connectivity index (χ0n) is 9.74. The van der Waals surface area contributed by atoms with Gasteiger partial charge in [-0.05, 0) is 30.6 Å². The van der Waals surface area contributed by atoms with E-state index in [1.807, 2.05) is 0 Å². The van der Waals surface area contributed by atoms with Gasteiger partial charge in [-0.3, -0.25) is 4.79 Å². The summed E-state index contributed by atoms with van der Waals surface area (Å²) in [6.07, 6.45) is 2.68. The molecule has 0 aromatic heterocycles. The van der Waals surface area contributed by atoms with Gasteiger partial charge in [0.1, 0.15) is 0 Å². The van der Waals surface area contributed by atoms with Gasteiger partial charge in [-0.15, -0.1) is 0 Å². The van der Waals surface area contributed by atoms with Crippen LogP contribution in [-0.4, -0.2) is 35.4 Å². The first-order chi connectivity index (χ1) is 7.16. The van der Waals surface area contributed by atoms with E-state index in [4.69, 9.17) is 0 Å². The zero-order valence-corrected chi connectivity index (χ0v) is 10.6. The Balaban J connectivity index is 1.72. The molecule has 0 unspecified atom stereocenters. The fourth-order valence-corrected chi connectivity index (χ4v) is 3.39. The fraction of sp³-hybridized carbons (Fsp3) is 0.917. The summed E-state index contributed by atoms with van der Waals surface area (Å²) in [5.41, 5.74) is 0. The van der Waals surface area contributed by atoms with Crippen LogP contribution in [-0.2, 0) is 4.79 Å². The van der Waals surface area contributed by atoms with Gasteiger partial charge in [0.15, 0.2) is 0 Å². The van der Waals surface area contributed by atoms with E-state index in [9.17, 15) is 4.79 Å². The first-order valence-corrected chi connectivity index (χ1v) is 7.18. The van der Waals surface area contributed by atoms with Gasteiger partial charge < -0.3 is 4.90 Å². The fourth-order valence-electron chi connectivity index (χ4n) is 2.54. The zero-order chi connectivity index (χ0) is 10.8. The molecule has 2 fully saturated rings. The maximum Gasteiger partial charge on any atom is 0.232 e. The van der Waals surface area contributed by atoms with Crippen molar-refractivity contribution in [2.75, 3.05) is 24.6 Å². The van der Waals surface area contributed by atoms with Crippen molar-refractivity contribution in [1.29, 1.82) is 0 Å². The Hall–Kier alpha value is -0.180. The van der Waals surface area contributed by atoms with Crippen molar-refractivity contribution in [3.63, 3.8) is 0 Å². The molecule has 1 aliphatic carbocycles. The number of amides is 1. The lowest BCUT2D eigenvalue weighted by atomic mass is 9.69. The SMILES string of the molecule is CC(C)[C@H]1C[C@@H](CN2CCSCC2=O)C1. The summed E-state index contributed by atoms with van der Waals surface area (Å²) in [7, 11) is 0. The summed E-state index contributed by atoms with van der Waals surface area (Å²) in [6.45, 7) is 6.63. The molecule has 0 radical (unpaired) electrons. The highest BCUT2D eigenvalue weighted by Crippen LogP contribution is 2.39. The quantitative estimate of drug-likeness (QED) is 0.737. The lowest BCUT2D eigenvalue weighted by Gasteiger charge is -2.41.